The van der Waals surface area contributed by atoms with Crippen LogP contribution in [0.25, 0.3) is 0 Å². The fraction of sp³-hybridized carbons (Fsp3) is 0.387. The number of carbonyl (C=O) groups excluding carboxylic acids is 1. The Morgan fingerprint density at radius 3 is 2.50 bits per heavy atom. The van der Waals surface area contributed by atoms with Gasteiger partial charge in [0.25, 0.3) is 0 Å². The van der Waals surface area contributed by atoms with E-state index in [9.17, 15) is 14.3 Å². The molecule has 3 aromatic rings. The van der Waals surface area contributed by atoms with Crippen molar-refractivity contribution in [2.24, 2.45) is 0 Å². The van der Waals surface area contributed by atoms with E-state index < -0.39 is 12.1 Å². The van der Waals surface area contributed by atoms with Gasteiger partial charge in [0, 0.05) is 25.2 Å². The molecule has 1 amide bonds. The normalized spacial score (nSPS) is 19.2. The Morgan fingerprint density at radius 1 is 1.05 bits per heavy atom. The molecule has 2 heterocycles. The van der Waals surface area contributed by atoms with Crippen molar-refractivity contribution in [1.29, 1.82) is 0 Å². The molecule has 0 saturated heterocycles. The van der Waals surface area contributed by atoms with Crippen LogP contribution in [0.3, 0.4) is 0 Å². The van der Waals surface area contributed by atoms with E-state index in [4.69, 9.17) is 9.47 Å². The number of aliphatic hydroxyl groups excluding tert-OH is 1. The molecule has 5 rings (SSSR count). The molecule has 38 heavy (non-hydrogen) atoms. The molecule has 0 bridgehead atoms. The average Bonchev–Trinajstić information content (AvgIpc) is 2.92. The number of rotatable bonds is 7. The smallest absolute Gasteiger partial charge is 0.240 e. The highest BCUT2D eigenvalue weighted by molar-refractivity contribution is 5.83. The highest BCUT2D eigenvalue weighted by Gasteiger charge is 2.39. The fourth-order valence-electron chi connectivity index (χ4n) is 5.70. The van der Waals surface area contributed by atoms with Crippen LogP contribution in [-0.2, 0) is 30.7 Å². The van der Waals surface area contributed by atoms with E-state index >= 15 is 0 Å². The van der Waals surface area contributed by atoms with Crippen molar-refractivity contribution in [3.8, 4) is 11.5 Å². The van der Waals surface area contributed by atoms with Gasteiger partial charge in [0.2, 0.25) is 5.91 Å². The Balaban J connectivity index is 1.48. The van der Waals surface area contributed by atoms with Crippen LogP contribution in [0.2, 0.25) is 0 Å². The van der Waals surface area contributed by atoms with E-state index in [1.165, 1.54) is 6.07 Å². The third-order valence-corrected chi connectivity index (χ3v) is 7.56. The lowest BCUT2D eigenvalue weighted by Gasteiger charge is -2.43. The van der Waals surface area contributed by atoms with Crippen LogP contribution in [0.5, 0.6) is 11.5 Å². The number of nitrogens with zero attached hydrogens (tertiary/aromatic N) is 2. The molecule has 0 aliphatic carbocycles. The van der Waals surface area contributed by atoms with Gasteiger partial charge < -0.3 is 19.5 Å². The summed E-state index contributed by atoms with van der Waals surface area (Å²) in [6, 6.07) is 17.7. The number of hydrogen-bond donors (Lipinski definition) is 1. The lowest BCUT2D eigenvalue weighted by Crippen LogP contribution is -2.54. The largest absolute Gasteiger partial charge is 0.493 e. The number of ether oxygens (including phenoxy) is 2. The highest BCUT2D eigenvalue weighted by Crippen LogP contribution is 2.39. The number of carbonyl (C=O) groups is 1. The minimum atomic E-state index is -0.501. The zero-order valence-corrected chi connectivity index (χ0v) is 22.2. The maximum absolute atomic E-state index is 14.6. The summed E-state index contributed by atoms with van der Waals surface area (Å²) in [5.41, 5.74) is 4.76. The first-order valence-corrected chi connectivity index (χ1v) is 13.2. The SMILES string of the molecule is COc1cc2c(cc1OC(C)C)C(CO)N(C(=O)C1Cc3ccccc3CN1Cc1ccccc1F)CC2. The van der Waals surface area contributed by atoms with Gasteiger partial charge in [-0.1, -0.05) is 42.5 Å². The second-order valence-electron chi connectivity index (χ2n) is 10.3. The molecule has 200 valence electrons. The average molecular weight is 519 g/mol. The van der Waals surface area contributed by atoms with Gasteiger partial charge in [0.1, 0.15) is 5.82 Å². The molecule has 2 aliphatic heterocycles. The number of methoxy groups -OCH3 is 1. The van der Waals surface area contributed by atoms with Gasteiger partial charge in [-0.05, 0) is 67.1 Å². The van der Waals surface area contributed by atoms with E-state index in [-0.39, 0.29) is 24.4 Å². The van der Waals surface area contributed by atoms with E-state index in [0.717, 1.165) is 22.3 Å². The summed E-state index contributed by atoms with van der Waals surface area (Å²) in [5.74, 6) is 0.919. The predicted octanol–water partition coefficient (Wildman–Crippen LogP) is 4.67. The molecular weight excluding hydrogens is 483 g/mol. The van der Waals surface area contributed by atoms with Crippen molar-refractivity contribution in [2.45, 2.75) is 58.0 Å². The molecule has 0 radical (unpaired) electrons. The van der Waals surface area contributed by atoms with E-state index in [1.54, 1.807) is 24.1 Å². The Morgan fingerprint density at radius 2 is 1.79 bits per heavy atom. The van der Waals surface area contributed by atoms with Crippen molar-refractivity contribution >= 4 is 5.91 Å². The van der Waals surface area contributed by atoms with E-state index in [0.29, 0.717) is 49.5 Å². The van der Waals surface area contributed by atoms with Crippen molar-refractivity contribution in [1.82, 2.24) is 9.80 Å². The molecule has 2 aliphatic rings. The molecule has 2 unspecified atom stereocenters. The Bertz CT molecular complexity index is 1310. The standard InChI is InChI=1S/C31H35FN2O4/c1-20(2)38-30-16-25-22(15-29(30)37-3)12-13-34(28(25)19-35)31(36)27-14-21-8-4-5-9-23(21)17-33(27)18-24-10-6-7-11-26(24)32/h4-11,15-16,20,27-28,35H,12-14,17-19H2,1-3H3. The van der Waals surface area contributed by atoms with Crippen LogP contribution < -0.4 is 9.47 Å². The monoisotopic (exact) mass is 518 g/mol. The third kappa shape index (κ3) is 5.13. The van der Waals surface area contributed by atoms with Gasteiger partial charge in [-0.15, -0.1) is 0 Å². The van der Waals surface area contributed by atoms with Gasteiger partial charge in [0.05, 0.1) is 31.9 Å². The lowest BCUT2D eigenvalue weighted by molar-refractivity contribution is -0.142. The maximum atomic E-state index is 14.6. The molecular formula is C31H35FN2O4. The molecule has 1 N–H and O–H groups in total. The van der Waals surface area contributed by atoms with Crippen LogP contribution in [0, 0.1) is 5.82 Å². The molecule has 7 heteroatoms. The highest BCUT2D eigenvalue weighted by atomic mass is 19.1. The zero-order valence-electron chi connectivity index (χ0n) is 22.2. The van der Waals surface area contributed by atoms with E-state index in [1.807, 2.05) is 44.2 Å². The number of aliphatic hydroxyl groups is 1. The summed E-state index contributed by atoms with van der Waals surface area (Å²) in [4.78, 5) is 18.1. The number of amides is 1. The number of hydrogen-bond acceptors (Lipinski definition) is 5. The topological polar surface area (TPSA) is 62.2 Å². The van der Waals surface area contributed by atoms with Crippen LogP contribution in [0.1, 0.15) is 47.7 Å². The van der Waals surface area contributed by atoms with Gasteiger partial charge >= 0.3 is 0 Å². The summed E-state index contributed by atoms with van der Waals surface area (Å²) >= 11 is 0. The third-order valence-electron chi connectivity index (χ3n) is 7.56. The Hall–Kier alpha value is -3.42. The molecule has 0 fully saturated rings. The summed E-state index contributed by atoms with van der Waals surface area (Å²) < 4.78 is 26.2. The van der Waals surface area contributed by atoms with Crippen molar-refractivity contribution in [3.63, 3.8) is 0 Å². The molecule has 0 spiro atoms. The number of halogens is 1. The summed E-state index contributed by atoms with van der Waals surface area (Å²) in [6.07, 6.45) is 1.13. The van der Waals surface area contributed by atoms with Gasteiger partial charge in [-0.3, -0.25) is 9.69 Å². The van der Waals surface area contributed by atoms with Crippen LogP contribution in [-0.4, -0.2) is 53.2 Å². The Kier molecular flexibility index (Phi) is 7.68. The fourth-order valence-corrected chi connectivity index (χ4v) is 5.70. The first-order chi connectivity index (χ1) is 18.4. The number of benzene rings is 3. The molecule has 0 aromatic heterocycles. The van der Waals surface area contributed by atoms with Crippen molar-refractivity contribution in [3.05, 3.63) is 94.3 Å². The van der Waals surface area contributed by atoms with Crippen LogP contribution in [0.4, 0.5) is 4.39 Å². The number of fused-ring (bicyclic) bond motifs is 2. The Labute approximate surface area is 223 Å². The zero-order chi connectivity index (χ0) is 26.8. The molecule has 3 aromatic carbocycles. The molecule has 2 atom stereocenters. The first kappa shape index (κ1) is 26.2. The van der Waals surface area contributed by atoms with Gasteiger partial charge in [0.15, 0.2) is 11.5 Å². The van der Waals surface area contributed by atoms with Crippen molar-refractivity contribution in [2.75, 3.05) is 20.3 Å². The summed E-state index contributed by atoms with van der Waals surface area (Å²) in [5, 5.41) is 10.5. The van der Waals surface area contributed by atoms with Gasteiger partial charge in [-0.25, -0.2) is 4.39 Å². The summed E-state index contributed by atoms with van der Waals surface area (Å²) in [7, 11) is 1.61. The van der Waals surface area contributed by atoms with Crippen LogP contribution >= 0.6 is 0 Å². The first-order valence-electron chi connectivity index (χ1n) is 13.2. The predicted molar refractivity (Wildman–Crippen MR) is 144 cm³/mol. The lowest BCUT2D eigenvalue weighted by atomic mass is 9.89. The maximum Gasteiger partial charge on any atom is 0.240 e. The molecule has 6 nitrogen and oxygen atoms in total. The quantitative estimate of drug-likeness (QED) is 0.493. The molecule has 0 saturated carbocycles. The van der Waals surface area contributed by atoms with Crippen LogP contribution in [0.15, 0.2) is 60.7 Å². The van der Waals surface area contributed by atoms with Crippen molar-refractivity contribution < 1.29 is 23.8 Å². The summed E-state index contributed by atoms with van der Waals surface area (Å²) in [6.45, 7) is 5.06. The van der Waals surface area contributed by atoms with E-state index in [2.05, 4.69) is 17.0 Å². The van der Waals surface area contributed by atoms with Gasteiger partial charge in [-0.2, -0.15) is 0 Å². The second-order valence-corrected chi connectivity index (χ2v) is 10.3. The minimum Gasteiger partial charge on any atom is -0.493 e. The minimum absolute atomic E-state index is 0.0508. The second kappa shape index (κ2) is 11.1.